The maximum Gasteiger partial charge on any atom is 0.224 e. The number of hydrogen-bond acceptors (Lipinski definition) is 3. The van der Waals surface area contributed by atoms with Gasteiger partial charge in [0, 0.05) is 5.88 Å². The van der Waals surface area contributed by atoms with Crippen LogP contribution >= 0.6 is 11.6 Å². The molecule has 0 radical (unpaired) electrons. The van der Waals surface area contributed by atoms with E-state index in [0.29, 0.717) is 23.8 Å². The van der Waals surface area contributed by atoms with E-state index in [1.165, 1.54) is 0 Å². The molecule has 0 atom stereocenters. The normalized spacial score (nSPS) is 11.1. The van der Waals surface area contributed by atoms with Gasteiger partial charge in [-0.05, 0) is 30.5 Å². The van der Waals surface area contributed by atoms with Gasteiger partial charge in [-0.3, -0.25) is 4.79 Å². The number of hydrogen-bond donors (Lipinski definition) is 1. The van der Waals surface area contributed by atoms with E-state index in [-0.39, 0.29) is 11.4 Å². The standard InChI is InChI=1S/C16H24ClNO3/c1-5-16(6-2,11-17)18-15(19)10-12-7-8-13(20-3)14(9-12)21-4/h7-9H,5-6,10-11H2,1-4H3,(H,18,19). The molecule has 0 aliphatic carbocycles. The monoisotopic (exact) mass is 313 g/mol. The first-order valence-electron chi connectivity index (χ1n) is 7.12. The van der Waals surface area contributed by atoms with E-state index in [9.17, 15) is 4.79 Å². The summed E-state index contributed by atoms with van der Waals surface area (Å²) in [5.41, 5.74) is 0.552. The fourth-order valence-electron chi connectivity index (χ4n) is 2.17. The van der Waals surface area contributed by atoms with Gasteiger partial charge in [-0.2, -0.15) is 0 Å². The van der Waals surface area contributed by atoms with Crippen LogP contribution in [0.2, 0.25) is 0 Å². The number of alkyl halides is 1. The van der Waals surface area contributed by atoms with Crippen LogP contribution in [0.15, 0.2) is 18.2 Å². The number of carbonyl (C=O) groups excluding carboxylic acids is 1. The number of carbonyl (C=O) groups is 1. The second-order valence-electron chi connectivity index (χ2n) is 5.04. The van der Waals surface area contributed by atoms with E-state index in [4.69, 9.17) is 21.1 Å². The van der Waals surface area contributed by atoms with Crippen molar-refractivity contribution in [2.45, 2.75) is 38.6 Å². The third-order valence-electron chi connectivity index (χ3n) is 3.83. The molecule has 1 aromatic rings. The van der Waals surface area contributed by atoms with E-state index >= 15 is 0 Å². The summed E-state index contributed by atoms with van der Waals surface area (Å²) in [6.45, 7) is 4.06. The van der Waals surface area contributed by atoms with Crippen molar-refractivity contribution in [3.63, 3.8) is 0 Å². The topological polar surface area (TPSA) is 47.6 Å². The van der Waals surface area contributed by atoms with Gasteiger partial charge in [-0.25, -0.2) is 0 Å². The fourth-order valence-corrected chi connectivity index (χ4v) is 2.61. The molecule has 1 amide bonds. The number of halogens is 1. The molecule has 0 spiro atoms. The molecule has 0 heterocycles. The number of amides is 1. The summed E-state index contributed by atoms with van der Waals surface area (Å²) in [5.74, 6) is 1.65. The lowest BCUT2D eigenvalue weighted by Gasteiger charge is -2.30. The average Bonchev–Trinajstić information content (AvgIpc) is 2.52. The maximum atomic E-state index is 12.2. The Morgan fingerprint density at radius 2 is 1.81 bits per heavy atom. The minimum atomic E-state index is -0.324. The molecule has 21 heavy (non-hydrogen) atoms. The van der Waals surface area contributed by atoms with Crippen molar-refractivity contribution in [3.05, 3.63) is 23.8 Å². The quantitative estimate of drug-likeness (QED) is 0.750. The van der Waals surface area contributed by atoms with Gasteiger partial charge in [0.2, 0.25) is 5.91 Å². The molecular formula is C16H24ClNO3. The fraction of sp³-hybridized carbons (Fsp3) is 0.562. The summed E-state index contributed by atoms with van der Waals surface area (Å²) in [6, 6.07) is 5.48. The van der Waals surface area contributed by atoms with Gasteiger partial charge in [0.05, 0.1) is 26.2 Å². The van der Waals surface area contributed by atoms with Crippen LogP contribution in [0.4, 0.5) is 0 Å². The van der Waals surface area contributed by atoms with Crippen LogP contribution < -0.4 is 14.8 Å². The van der Waals surface area contributed by atoms with E-state index in [1.807, 2.05) is 26.0 Å². The largest absolute Gasteiger partial charge is 0.493 e. The lowest BCUT2D eigenvalue weighted by Crippen LogP contribution is -2.49. The third kappa shape index (κ3) is 4.53. The Bertz CT molecular complexity index is 464. The van der Waals surface area contributed by atoms with Crippen molar-refractivity contribution in [2.24, 2.45) is 0 Å². The van der Waals surface area contributed by atoms with Crippen molar-refractivity contribution in [1.82, 2.24) is 5.32 Å². The van der Waals surface area contributed by atoms with Crippen LogP contribution in [0.3, 0.4) is 0 Å². The number of benzene rings is 1. The van der Waals surface area contributed by atoms with Crippen LogP contribution in [-0.4, -0.2) is 31.5 Å². The molecule has 1 N–H and O–H groups in total. The molecular weight excluding hydrogens is 290 g/mol. The molecule has 118 valence electrons. The van der Waals surface area contributed by atoms with E-state index < -0.39 is 0 Å². The van der Waals surface area contributed by atoms with Crippen molar-refractivity contribution >= 4 is 17.5 Å². The molecule has 0 saturated carbocycles. The highest BCUT2D eigenvalue weighted by Crippen LogP contribution is 2.27. The van der Waals surface area contributed by atoms with Crippen LogP contribution in [0.5, 0.6) is 11.5 Å². The molecule has 0 bridgehead atoms. The Balaban J connectivity index is 2.79. The summed E-state index contributed by atoms with van der Waals surface area (Å²) in [7, 11) is 3.16. The van der Waals surface area contributed by atoms with E-state index in [0.717, 1.165) is 18.4 Å². The van der Waals surface area contributed by atoms with Gasteiger partial charge in [-0.1, -0.05) is 19.9 Å². The lowest BCUT2D eigenvalue weighted by atomic mass is 9.94. The Hall–Kier alpha value is -1.42. The summed E-state index contributed by atoms with van der Waals surface area (Å²) in [6.07, 6.45) is 1.91. The molecule has 1 rings (SSSR count). The summed E-state index contributed by atoms with van der Waals surface area (Å²) < 4.78 is 10.4. The third-order valence-corrected chi connectivity index (χ3v) is 4.34. The number of ether oxygens (including phenoxy) is 2. The van der Waals surface area contributed by atoms with E-state index in [2.05, 4.69) is 5.32 Å². The van der Waals surface area contributed by atoms with Gasteiger partial charge in [0.1, 0.15) is 0 Å². The molecule has 0 aliphatic heterocycles. The van der Waals surface area contributed by atoms with Crippen LogP contribution in [0, 0.1) is 0 Å². The van der Waals surface area contributed by atoms with Crippen molar-refractivity contribution < 1.29 is 14.3 Å². The predicted octanol–water partition coefficient (Wildman–Crippen LogP) is 3.16. The number of rotatable bonds is 8. The smallest absolute Gasteiger partial charge is 0.224 e. The first-order chi connectivity index (χ1) is 10.0. The number of methoxy groups -OCH3 is 2. The van der Waals surface area contributed by atoms with Crippen LogP contribution in [0.25, 0.3) is 0 Å². The Morgan fingerprint density at radius 3 is 2.29 bits per heavy atom. The first-order valence-corrected chi connectivity index (χ1v) is 7.65. The van der Waals surface area contributed by atoms with Gasteiger partial charge in [0.15, 0.2) is 11.5 Å². The molecule has 1 aromatic carbocycles. The lowest BCUT2D eigenvalue weighted by molar-refractivity contribution is -0.122. The molecule has 0 aromatic heterocycles. The zero-order chi connectivity index (χ0) is 15.9. The Labute approximate surface area is 131 Å². The molecule has 0 saturated heterocycles. The first kappa shape index (κ1) is 17.6. The minimum absolute atomic E-state index is 0.0356. The number of nitrogens with one attached hydrogen (secondary N) is 1. The van der Waals surface area contributed by atoms with Crippen LogP contribution in [0.1, 0.15) is 32.3 Å². The second kappa shape index (κ2) is 8.13. The Kier molecular flexibility index (Phi) is 6.82. The maximum absolute atomic E-state index is 12.2. The second-order valence-corrected chi connectivity index (χ2v) is 5.30. The Morgan fingerprint density at radius 1 is 1.19 bits per heavy atom. The highest BCUT2D eigenvalue weighted by molar-refractivity contribution is 6.18. The minimum Gasteiger partial charge on any atom is -0.493 e. The van der Waals surface area contributed by atoms with Gasteiger partial charge in [0.25, 0.3) is 0 Å². The van der Waals surface area contributed by atoms with Crippen molar-refractivity contribution in [2.75, 3.05) is 20.1 Å². The highest BCUT2D eigenvalue weighted by atomic mass is 35.5. The molecule has 0 aliphatic rings. The SMILES string of the molecule is CCC(CC)(CCl)NC(=O)Cc1ccc(OC)c(OC)c1. The van der Waals surface area contributed by atoms with E-state index in [1.54, 1.807) is 20.3 Å². The van der Waals surface area contributed by atoms with Crippen LogP contribution in [-0.2, 0) is 11.2 Å². The van der Waals surface area contributed by atoms with Gasteiger partial charge < -0.3 is 14.8 Å². The zero-order valence-corrected chi connectivity index (χ0v) is 13.9. The average molecular weight is 314 g/mol. The molecule has 0 fully saturated rings. The molecule has 4 nitrogen and oxygen atoms in total. The van der Waals surface area contributed by atoms with Crippen molar-refractivity contribution in [1.29, 1.82) is 0 Å². The summed E-state index contributed by atoms with van der Waals surface area (Å²) in [4.78, 5) is 12.2. The highest BCUT2D eigenvalue weighted by Gasteiger charge is 2.26. The summed E-state index contributed by atoms with van der Waals surface area (Å²) in [5, 5.41) is 3.05. The predicted molar refractivity (Wildman–Crippen MR) is 85.4 cm³/mol. The van der Waals surface area contributed by atoms with Gasteiger partial charge in [-0.15, -0.1) is 11.6 Å². The molecule has 0 unspecified atom stereocenters. The zero-order valence-electron chi connectivity index (χ0n) is 13.2. The summed E-state index contributed by atoms with van der Waals surface area (Å²) >= 11 is 6.01. The van der Waals surface area contributed by atoms with Crippen molar-refractivity contribution in [3.8, 4) is 11.5 Å². The van der Waals surface area contributed by atoms with Gasteiger partial charge >= 0.3 is 0 Å². The molecule has 5 heteroatoms.